The van der Waals surface area contributed by atoms with Crippen molar-refractivity contribution in [3.63, 3.8) is 0 Å². The van der Waals surface area contributed by atoms with Crippen LogP contribution >= 0.6 is 7.26 Å². The maximum atomic E-state index is 12.0. The number of carbonyl (C=O) groups is 1. The zero-order chi connectivity index (χ0) is 24.5. The molecule has 0 spiro atoms. The van der Waals surface area contributed by atoms with Gasteiger partial charge in [-0.3, -0.25) is 0 Å². The summed E-state index contributed by atoms with van der Waals surface area (Å²) in [5, 5.41) is 13.3. The fraction of sp³-hybridized carbons (Fsp3) is 0.0968. The predicted molar refractivity (Wildman–Crippen MR) is 146 cm³/mol. The van der Waals surface area contributed by atoms with Crippen LogP contribution in [0.4, 0.5) is 0 Å². The summed E-state index contributed by atoms with van der Waals surface area (Å²) in [4.78, 5) is 12.0. The van der Waals surface area contributed by atoms with Gasteiger partial charge in [0.1, 0.15) is 34.8 Å². The van der Waals surface area contributed by atoms with Crippen LogP contribution in [-0.2, 0) is 15.7 Å². The molecule has 4 aromatic rings. The Morgan fingerprint density at radius 1 is 0.771 bits per heavy atom. The maximum Gasteiger partial charge on any atom is 0.348 e. The topological polar surface area (TPSA) is 50.1 Å². The van der Waals surface area contributed by atoms with E-state index in [1.807, 2.05) is 18.2 Å². The Morgan fingerprint density at radius 2 is 1.23 bits per heavy atom. The number of hydrogen-bond donors (Lipinski definition) is 0. The van der Waals surface area contributed by atoms with Crippen molar-refractivity contribution < 1.29 is 9.53 Å². The van der Waals surface area contributed by atoms with Gasteiger partial charge < -0.3 is 4.74 Å². The van der Waals surface area contributed by atoms with Gasteiger partial charge in [-0.25, -0.2) is 4.79 Å². The molecule has 172 valence electrons. The third-order valence-electron chi connectivity index (χ3n) is 5.92. The lowest BCUT2D eigenvalue weighted by molar-refractivity contribution is -0.137. The number of benzene rings is 4. The summed E-state index contributed by atoms with van der Waals surface area (Å²) in [5.74, 6) is -0.596. The van der Waals surface area contributed by atoms with E-state index in [0.717, 1.165) is 11.7 Å². The van der Waals surface area contributed by atoms with Crippen molar-refractivity contribution >= 4 is 35.2 Å². The first-order valence-corrected chi connectivity index (χ1v) is 13.6. The highest BCUT2D eigenvalue weighted by atomic mass is 31.2. The van der Waals surface area contributed by atoms with Crippen LogP contribution in [0.1, 0.15) is 18.1 Å². The molecule has 0 aromatic heterocycles. The number of ether oxygens (including phenoxy) is 1. The largest absolute Gasteiger partial charge is 0.462 e. The zero-order valence-electron chi connectivity index (χ0n) is 19.7. The van der Waals surface area contributed by atoms with Gasteiger partial charge in [0, 0.05) is 0 Å². The molecule has 4 heteroatoms. The van der Waals surface area contributed by atoms with Crippen LogP contribution in [0.25, 0.3) is 6.08 Å². The van der Waals surface area contributed by atoms with Gasteiger partial charge in [-0.2, -0.15) is 5.26 Å². The van der Waals surface area contributed by atoms with Crippen molar-refractivity contribution in [1.29, 1.82) is 5.26 Å². The number of hydrogen-bond acceptors (Lipinski definition) is 3. The molecular weight excluding hydrogens is 449 g/mol. The number of nitriles is 1. The van der Waals surface area contributed by atoms with Crippen LogP contribution in [-0.4, -0.2) is 12.6 Å². The fourth-order valence-electron chi connectivity index (χ4n) is 4.27. The standard InChI is InChI=1S/C31H27NO2P/c1-2-34-31(33)27(23-32)22-25-18-20-26(21-19-25)24-35(28-12-6-3-7-13-28,29-14-8-4-9-15-29)30-16-10-5-11-17-30/h3-22H,2,24H2,1H3/q+1/b27-22+. The van der Waals surface area contributed by atoms with E-state index in [1.165, 1.54) is 21.5 Å². The highest BCUT2D eigenvalue weighted by molar-refractivity contribution is 7.95. The lowest BCUT2D eigenvalue weighted by Gasteiger charge is -2.28. The second-order valence-electron chi connectivity index (χ2n) is 8.11. The van der Waals surface area contributed by atoms with Crippen molar-refractivity contribution in [2.45, 2.75) is 13.1 Å². The summed E-state index contributed by atoms with van der Waals surface area (Å²) < 4.78 is 4.98. The monoisotopic (exact) mass is 476 g/mol. The molecule has 0 fully saturated rings. The second-order valence-corrected chi connectivity index (χ2v) is 11.6. The molecule has 0 N–H and O–H groups in total. The van der Waals surface area contributed by atoms with Crippen LogP contribution in [0, 0.1) is 11.3 Å². The summed E-state index contributed by atoms with van der Waals surface area (Å²) in [6, 6.07) is 42.4. The number of carbonyl (C=O) groups excluding carboxylic acids is 1. The minimum Gasteiger partial charge on any atom is -0.462 e. The molecule has 0 aliphatic carbocycles. The number of esters is 1. The van der Waals surface area contributed by atoms with Gasteiger partial charge in [-0.05, 0) is 60.5 Å². The highest BCUT2D eigenvalue weighted by Gasteiger charge is 2.45. The molecule has 0 aliphatic heterocycles. The lowest BCUT2D eigenvalue weighted by Crippen LogP contribution is -2.32. The second kappa shape index (κ2) is 11.4. The molecule has 0 radical (unpaired) electrons. The van der Waals surface area contributed by atoms with Gasteiger partial charge in [0.25, 0.3) is 0 Å². The van der Waals surface area contributed by atoms with Gasteiger partial charge in [0.2, 0.25) is 0 Å². The molecule has 0 heterocycles. The Bertz CT molecular complexity index is 1230. The van der Waals surface area contributed by atoms with E-state index < -0.39 is 13.2 Å². The Labute approximate surface area is 207 Å². The first-order valence-electron chi connectivity index (χ1n) is 11.6. The van der Waals surface area contributed by atoms with E-state index >= 15 is 0 Å². The minimum atomic E-state index is -1.99. The van der Waals surface area contributed by atoms with E-state index in [9.17, 15) is 10.1 Å². The van der Waals surface area contributed by atoms with E-state index in [2.05, 4.69) is 103 Å². The summed E-state index contributed by atoms with van der Waals surface area (Å²) >= 11 is 0. The molecule has 0 saturated heterocycles. The van der Waals surface area contributed by atoms with Gasteiger partial charge in [-0.15, -0.1) is 0 Å². The minimum absolute atomic E-state index is 0.000645. The van der Waals surface area contributed by atoms with E-state index in [-0.39, 0.29) is 12.2 Å². The summed E-state index contributed by atoms with van der Waals surface area (Å²) in [7, 11) is -1.99. The molecule has 35 heavy (non-hydrogen) atoms. The molecule has 4 aromatic carbocycles. The van der Waals surface area contributed by atoms with Crippen molar-refractivity contribution in [2.75, 3.05) is 6.61 Å². The average molecular weight is 477 g/mol. The molecule has 4 rings (SSSR count). The average Bonchev–Trinajstić information content (AvgIpc) is 2.93. The first-order chi connectivity index (χ1) is 17.2. The highest BCUT2D eigenvalue weighted by Crippen LogP contribution is 2.58. The SMILES string of the molecule is CCOC(=O)/C(C#N)=C/c1ccc(C[P+](c2ccccc2)(c2ccccc2)c2ccccc2)cc1. The molecule has 3 nitrogen and oxygen atoms in total. The predicted octanol–water partition coefficient (Wildman–Crippen LogP) is 5.65. The Hall–Kier alpha value is -3.99. The van der Waals surface area contributed by atoms with Crippen LogP contribution in [0.3, 0.4) is 0 Å². The molecule has 0 bridgehead atoms. The van der Waals surface area contributed by atoms with Gasteiger partial charge in [-0.1, -0.05) is 78.9 Å². The quantitative estimate of drug-likeness (QED) is 0.143. The summed E-state index contributed by atoms with van der Waals surface area (Å²) in [6.07, 6.45) is 2.44. The lowest BCUT2D eigenvalue weighted by atomic mass is 10.1. The maximum absolute atomic E-state index is 12.0. The van der Waals surface area contributed by atoms with E-state index in [4.69, 9.17) is 4.74 Å². The van der Waals surface area contributed by atoms with Crippen LogP contribution in [0.15, 0.2) is 121 Å². The van der Waals surface area contributed by atoms with E-state index in [0.29, 0.717) is 0 Å². The van der Waals surface area contributed by atoms with Gasteiger partial charge in [0.15, 0.2) is 0 Å². The molecular formula is C31H27NO2P+. The zero-order valence-corrected chi connectivity index (χ0v) is 20.6. The molecule has 0 unspecified atom stereocenters. The van der Waals surface area contributed by atoms with Gasteiger partial charge >= 0.3 is 5.97 Å². The van der Waals surface area contributed by atoms with Crippen LogP contribution in [0.5, 0.6) is 0 Å². The van der Waals surface area contributed by atoms with Crippen molar-refractivity contribution in [2.24, 2.45) is 0 Å². The van der Waals surface area contributed by atoms with Crippen LogP contribution in [0.2, 0.25) is 0 Å². The molecule has 0 aliphatic rings. The third kappa shape index (κ3) is 5.40. The van der Waals surface area contributed by atoms with Crippen molar-refractivity contribution in [3.8, 4) is 6.07 Å². The summed E-state index contributed by atoms with van der Waals surface area (Å²) in [5.41, 5.74) is 1.99. The fourth-order valence-corrected chi connectivity index (χ4v) is 8.52. The van der Waals surface area contributed by atoms with Crippen LogP contribution < -0.4 is 15.9 Å². The third-order valence-corrected chi connectivity index (χ3v) is 10.3. The Morgan fingerprint density at radius 3 is 1.63 bits per heavy atom. The first kappa shape index (κ1) is 24.1. The Kier molecular flexibility index (Phi) is 7.88. The van der Waals surface area contributed by atoms with E-state index in [1.54, 1.807) is 13.0 Å². The Balaban J connectivity index is 1.79. The van der Waals surface area contributed by atoms with Crippen molar-refractivity contribution in [1.82, 2.24) is 0 Å². The summed E-state index contributed by atoms with van der Waals surface area (Å²) in [6.45, 7) is 1.96. The molecule has 0 saturated carbocycles. The number of rotatable bonds is 8. The molecule has 0 amide bonds. The molecule has 0 atom stereocenters. The number of nitrogens with zero attached hydrogens (tertiary/aromatic N) is 1. The van der Waals surface area contributed by atoms with Gasteiger partial charge in [0.05, 0.1) is 12.8 Å². The van der Waals surface area contributed by atoms with Crippen molar-refractivity contribution in [3.05, 3.63) is 132 Å². The normalized spacial score (nSPS) is 11.5. The smallest absolute Gasteiger partial charge is 0.348 e.